The van der Waals surface area contributed by atoms with Crippen LogP contribution in [0.3, 0.4) is 0 Å². The first-order valence-corrected chi connectivity index (χ1v) is 7.47. The van der Waals surface area contributed by atoms with Gasteiger partial charge in [-0.25, -0.2) is 4.79 Å². The van der Waals surface area contributed by atoms with E-state index in [-0.39, 0.29) is 12.6 Å². The molecule has 2 aromatic heterocycles. The molecule has 0 atom stereocenters. The van der Waals surface area contributed by atoms with Gasteiger partial charge in [0.15, 0.2) is 0 Å². The maximum Gasteiger partial charge on any atom is 0.355 e. The van der Waals surface area contributed by atoms with E-state index in [0.29, 0.717) is 10.7 Å². The minimum Gasteiger partial charge on any atom is -0.455 e. The molecule has 4 nitrogen and oxygen atoms in total. The van der Waals surface area contributed by atoms with Crippen LogP contribution in [-0.2, 0) is 11.3 Å². The fourth-order valence-corrected chi connectivity index (χ4v) is 2.47. The lowest BCUT2D eigenvalue weighted by molar-refractivity contribution is 0.0470. The fourth-order valence-electron chi connectivity index (χ4n) is 1.84. The molecule has 0 fully saturated rings. The molecule has 3 aromatic rings. The minimum atomic E-state index is -0.386. The summed E-state index contributed by atoms with van der Waals surface area (Å²) in [7, 11) is 0. The Morgan fingerprint density at radius 2 is 2.05 bits per heavy atom. The largest absolute Gasteiger partial charge is 0.455 e. The zero-order chi connectivity index (χ0) is 14.7. The molecule has 0 unspecified atom stereocenters. The third-order valence-electron chi connectivity index (χ3n) is 2.89. The van der Waals surface area contributed by atoms with Crippen molar-refractivity contribution in [2.24, 2.45) is 0 Å². The summed E-state index contributed by atoms with van der Waals surface area (Å²) in [5.74, 6) is -0.386. The van der Waals surface area contributed by atoms with Gasteiger partial charge in [-0.3, -0.25) is 4.98 Å². The first kappa shape index (κ1) is 13.9. The number of carbonyl (C=O) groups is 1. The molecule has 0 amide bonds. The van der Waals surface area contributed by atoms with E-state index in [1.54, 1.807) is 29.9 Å². The van der Waals surface area contributed by atoms with Crippen LogP contribution in [0.15, 0.2) is 48.1 Å². The monoisotopic (exact) mass is 318 g/mol. The minimum absolute atomic E-state index is 0.235. The number of benzene rings is 1. The van der Waals surface area contributed by atoms with Gasteiger partial charge in [0.25, 0.3) is 0 Å². The van der Waals surface area contributed by atoms with E-state index in [9.17, 15) is 4.79 Å². The molecule has 0 aliphatic rings. The Bertz CT molecular complexity index is 735. The van der Waals surface area contributed by atoms with E-state index in [0.717, 1.165) is 16.1 Å². The van der Waals surface area contributed by atoms with Gasteiger partial charge in [0.2, 0.25) is 0 Å². The maximum absolute atomic E-state index is 11.9. The fraction of sp³-hybridized carbons (Fsp3) is 0.0667. The summed E-state index contributed by atoms with van der Waals surface area (Å²) in [6.45, 7) is 0.235. The van der Waals surface area contributed by atoms with Crippen molar-refractivity contribution < 1.29 is 9.53 Å². The highest BCUT2D eigenvalue weighted by Crippen LogP contribution is 2.21. The molecule has 0 saturated carbocycles. The summed E-state index contributed by atoms with van der Waals surface area (Å²) >= 11 is 7.31. The smallest absolute Gasteiger partial charge is 0.355 e. The number of hydrogen-bond acceptors (Lipinski definition) is 4. The molecular weight excluding hydrogens is 308 g/mol. The van der Waals surface area contributed by atoms with E-state index < -0.39 is 0 Å². The summed E-state index contributed by atoms with van der Waals surface area (Å²) in [6.07, 6.45) is 1.69. The average molecular weight is 319 g/mol. The van der Waals surface area contributed by atoms with Crippen molar-refractivity contribution in [3.63, 3.8) is 0 Å². The van der Waals surface area contributed by atoms with Crippen LogP contribution in [0.1, 0.15) is 15.4 Å². The van der Waals surface area contributed by atoms with Crippen LogP contribution in [-0.4, -0.2) is 15.9 Å². The van der Waals surface area contributed by atoms with Crippen LogP contribution in [0.5, 0.6) is 0 Å². The van der Waals surface area contributed by atoms with Gasteiger partial charge in [-0.1, -0.05) is 23.7 Å². The van der Waals surface area contributed by atoms with E-state index in [1.807, 2.05) is 18.2 Å². The van der Waals surface area contributed by atoms with Gasteiger partial charge in [-0.15, -0.1) is 11.3 Å². The lowest BCUT2D eigenvalue weighted by Crippen LogP contribution is -2.04. The van der Waals surface area contributed by atoms with Crippen LogP contribution in [0.4, 0.5) is 0 Å². The molecule has 0 bridgehead atoms. The average Bonchev–Trinajstić information content (AvgIpc) is 3.17. The van der Waals surface area contributed by atoms with Gasteiger partial charge in [0, 0.05) is 16.9 Å². The number of esters is 1. The van der Waals surface area contributed by atoms with E-state index in [4.69, 9.17) is 16.3 Å². The molecule has 0 aliphatic heterocycles. The third-order valence-corrected chi connectivity index (χ3v) is 3.90. The predicted octanol–water partition coefficient (Wildman–Crippen LogP) is 4.15. The second-order valence-electron chi connectivity index (χ2n) is 4.34. The highest BCUT2D eigenvalue weighted by Gasteiger charge is 2.11. The van der Waals surface area contributed by atoms with E-state index in [2.05, 4.69) is 9.97 Å². The Morgan fingerprint density at radius 3 is 2.76 bits per heavy atom. The van der Waals surface area contributed by atoms with Gasteiger partial charge in [0.05, 0.1) is 10.4 Å². The summed E-state index contributed by atoms with van der Waals surface area (Å²) in [5.41, 5.74) is 3.93. The standard InChI is InChI=1S/C15H11ClN2O2S/c16-11-3-1-10(2-4-11)13-5-6-14(18-13)15(19)20-8-12-7-17-9-21-12/h1-7,9,18H,8H2. The number of carbonyl (C=O) groups excluding carboxylic acids is 1. The SMILES string of the molecule is O=C(OCc1cncs1)c1ccc(-c2ccc(Cl)cc2)[nH]1. The lowest BCUT2D eigenvalue weighted by atomic mass is 10.2. The van der Waals surface area contributed by atoms with Crippen molar-refractivity contribution >= 4 is 28.9 Å². The lowest BCUT2D eigenvalue weighted by Gasteiger charge is -2.01. The van der Waals surface area contributed by atoms with Crippen LogP contribution in [0.2, 0.25) is 5.02 Å². The molecule has 6 heteroatoms. The molecule has 0 saturated heterocycles. The Kier molecular flexibility index (Phi) is 4.03. The normalized spacial score (nSPS) is 10.5. The van der Waals surface area contributed by atoms with Crippen molar-refractivity contribution in [2.45, 2.75) is 6.61 Å². The molecule has 2 heterocycles. The number of nitrogens with zero attached hydrogens (tertiary/aromatic N) is 1. The quantitative estimate of drug-likeness (QED) is 0.735. The summed E-state index contributed by atoms with van der Waals surface area (Å²) in [5, 5.41) is 0.675. The van der Waals surface area contributed by atoms with Crippen molar-refractivity contribution in [1.29, 1.82) is 0 Å². The number of H-pyrrole nitrogens is 1. The topological polar surface area (TPSA) is 55.0 Å². The van der Waals surface area contributed by atoms with Gasteiger partial charge < -0.3 is 9.72 Å². The summed E-state index contributed by atoms with van der Waals surface area (Å²) in [4.78, 5) is 19.8. The molecule has 1 N–H and O–H groups in total. The molecule has 106 valence electrons. The highest BCUT2D eigenvalue weighted by atomic mass is 35.5. The van der Waals surface area contributed by atoms with Crippen LogP contribution < -0.4 is 0 Å². The van der Waals surface area contributed by atoms with Crippen molar-refractivity contribution in [1.82, 2.24) is 9.97 Å². The Hall–Kier alpha value is -2.11. The van der Waals surface area contributed by atoms with Crippen LogP contribution in [0.25, 0.3) is 11.3 Å². The number of hydrogen-bond donors (Lipinski definition) is 1. The zero-order valence-corrected chi connectivity index (χ0v) is 12.4. The van der Waals surface area contributed by atoms with Crippen molar-refractivity contribution in [3.8, 4) is 11.3 Å². The van der Waals surface area contributed by atoms with Crippen molar-refractivity contribution in [3.05, 3.63) is 63.7 Å². The predicted molar refractivity (Wildman–Crippen MR) is 82.5 cm³/mol. The zero-order valence-electron chi connectivity index (χ0n) is 10.9. The summed E-state index contributed by atoms with van der Waals surface area (Å²) < 4.78 is 5.22. The number of nitrogens with one attached hydrogen (secondary N) is 1. The molecule has 0 spiro atoms. The van der Waals surface area contributed by atoms with E-state index in [1.165, 1.54) is 11.3 Å². The number of aromatic nitrogens is 2. The highest BCUT2D eigenvalue weighted by molar-refractivity contribution is 7.09. The Balaban J connectivity index is 1.69. The van der Waals surface area contributed by atoms with Crippen LogP contribution in [0, 0.1) is 0 Å². The summed E-state index contributed by atoms with van der Waals surface area (Å²) in [6, 6.07) is 10.9. The number of halogens is 1. The third kappa shape index (κ3) is 3.32. The molecule has 0 radical (unpaired) electrons. The Morgan fingerprint density at radius 1 is 1.24 bits per heavy atom. The number of thiazole rings is 1. The van der Waals surface area contributed by atoms with Gasteiger partial charge in [-0.2, -0.15) is 0 Å². The molecular formula is C15H11ClN2O2S. The molecule has 0 aliphatic carbocycles. The van der Waals surface area contributed by atoms with E-state index >= 15 is 0 Å². The Labute approximate surface area is 130 Å². The molecule has 3 rings (SSSR count). The van der Waals surface area contributed by atoms with Gasteiger partial charge >= 0.3 is 5.97 Å². The maximum atomic E-state index is 11.9. The van der Waals surface area contributed by atoms with Gasteiger partial charge in [0.1, 0.15) is 12.3 Å². The van der Waals surface area contributed by atoms with Crippen molar-refractivity contribution in [2.75, 3.05) is 0 Å². The first-order chi connectivity index (χ1) is 10.2. The second kappa shape index (κ2) is 6.11. The molecule has 21 heavy (non-hydrogen) atoms. The van der Waals surface area contributed by atoms with Gasteiger partial charge in [-0.05, 0) is 29.8 Å². The number of aromatic amines is 1. The number of ether oxygens (including phenoxy) is 1. The first-order valence-electron chi connectivity index (χ1n) is 6.22. The second-order valence-corrected chi connectivity index (χ2v) is 5.74. The number of rotatable bonds is 4. The van der Waals surface area contributed by atoms with Crippen LogP contribution >= 0.6 is 22.9 Å². The molecule has 1 aromatic carbocycles.